The van der Waals surface area contributed by atoms with Crippen LogP contribution in [0.2, 0.25) is 0 Å². The monoisotopic (exact) mass is 325 g/mol. The second-order valence-electron chi connectivity index (χ2n) is 5.20. The Morgan fingerprint density at radius 2 is 1.82 bits per heavy atom. The number of nitrogens with zero attached hydrogens (tertiary/aromatic N) is 1. The number of hydrogen-bond acceptors (Lipinski definition) is 5. The first-order valence-electron chi connectivity index (χ1n) is 8.01. The van der Waals surface area contributed by atoms with Gasteiger partial charge in [0.15, 0.2) is 11.3 Å². The second kappa shape index (κ2) is 8.20. The Bertz CT molecular complexity index is 465. The molecule has 0 radical (unpaired) electrons. The Kier molecular flexibility index (Phi) is 6.56. The summed E-state index contributed by atoms with van der Waals surface area (Å²) in [5.74, 6) is 0.955. The van der Waals surface area contributed by atoms with Crippen molar-refractivity contribution in [2.75, 3.05) is 31.3 Å². The summed E-state index contributed by atoms with van der Waals surface area (Å²) in [6.45, 7) is 10.8. The average molecular weight is 325 g/mol. The first-order chi connectivity index (χ1) is 10.6. The van der Waals surface area contributed by atoms with Gasteiger partial charge in [0.05, 0.1) is 6.54 Å². The normalized spacial score (nSPS) is 21.2. The Balaban J connectivity index is 2.28. The molecule has 1 atom stereocenters. The maximum Gasteiger partial charge on any atom is 0.187 e. The van der Waals surface area contributed by atoms with Crippen molar-refractivity contribution in [2.45, 2.75) is 44.8 Å². The van der Waals surface area contributed by atoms with Gasteiger partial charge in [-0.05, 0) is 39.3 Å². The molecule has 0 amide bonds. The first-order valence-corrected chi connectivity index (χ1v) is 8.99. The van der Waals surface area contributed by atoms with Crippen molar-refractivity contribution >= 4 is 17.4 Å². The van der Waals surface area contributed by atoms with Crippen LogP contribution in [0.1, 0.15) is 33.3 Å². The van der Waals surface area contributed by atoms with Gasteiger partial charge < -0.3 is 19.1 Å². The fourth-order valence-corrected chi connectivity index (χ4v) is 3.93. The van der Waals surface area contributed by atoms with Gasteiger partial charge in [-0.2, -0.15) is 0 Å². The number of benzene rings is 1. The van der Waals surface area contributed by atoms with E-state index in [1.807, 2.05) is 32.5 Å². The number of thioether (sulfide) groups is 1. The Morgan fingerprint density at radius 3 is 2.45 bits per heavy atom. The van der Waals surface area contributed by atoms with Crippen molar-refractivity contribution in [3.63, 3.8) is 0 Å². The second-order valence-corrected chi connectivity index (χ2v) is 6.53. The molecule has 0 saturated heterocycles. The lowest BCUT2D eigenvalue weighted by Crippen LogP contribution is -2.52. The molecule has 2 rings (SSSR count). The van der Waals surface area contributed by atoms with Crippen LogP contribution in [-0.2, 0) is 20.0 Å². The molecule has 0 aliphatic carbocycles. The molecule has 1 aliphatic rings. The van der Waals surface area contributed by atoms with Gasteiger partial charge in [0.2, 0.25) is 0 Å². The molecule has 1 heterocycles. The lowest BCUT2D eigenvalue weighted by molar-refractivity contribution is -0.133. The van der Waals surface area contributed by atoms with Crippen molar-refractivity contribution in [1.29, 1.82) is 0 Å². The zero-order valence-electron chi connectivity index (χ0n) is 14.0. The van der Waals surface area contributed by atoms with Crippen molar-refractivity contribution in [1.82, 2.24) is 0 Å². The maximum absolute atomic E-state index is 6.07. The molecule has 0 saturated carbocycles. The van der Waals surface area contributed by atoms with E-state index in [0.29, 0.717) is 26.4 Å². The summed E-state index contributed by atoms with van der Waals surface area (Å²) in [7, 11) is 0. The Morgan fingerprint density at radius 1 is 1.14 bits per heavy atom. The van der Waals surface area contributed by atoms with Crippen LogP contribution in [-0.4, -0.2) is 37.7 Å². The van der Waals surface area contributed by atoms with Gasteiger partial charge in [-0.25, -0.2) is 0 Å². The predicted octanol–water partition coefficient (Wildman–Crippen LogP) is 3.85. The van der Waals surface area contributed by atoms with E-state index < -0.39 is 5.06 Å². The molecule has 1 aromatic carbocycles. The third-order valence-corrected chi connectivity index (χ3v) is 5.05. The smallest absolute Gasteiger partial charge is 0.187 e. The molecule has 22 heavy (non-hydrogen) atoms. The Hall–Kier alpha value is -0.750. The van der Waals surface area contributed by atoms with Gasteiger partial charge in [-0.1, -0.05) is 18.2 Å². The molecule has 1 aliphatic heterocycles. The van der Waals surface area contributed by atoms with E-state index in [1.54, 1.807) is 0 Å². The minimum atomic E-state index is -0.393. The maximum atomic E-state index is 6.07. The lowest BCUT2D eigenvalue weighted by Gasteiger charge is -2.46. The standard InChI is InChI=1S/C17H27NO3S/c1-5-19-16(20-6-2)12-18-15-11-9-8-10-14(15)13-22-17(18,4)21-7-3/h8-11,16H,5-7,12-13H2,1-4H3/t17-/m1/s1. The summed E-state index contributed by atoms with van der Waals surface area (Å²) in [5, 5.41) is -0.393. The molecule has 1 aromatic rings. The minimum Gasteiger partial charge on any atom is -0.351 e. The number of anilines is 1. The number of fused-ring (bicyclic) bond motifs is 1. The van der Waals surface area contributed by atoms with E-state index in [4.69, 9.17) is 14.2 Å². The number of rotatable bonds is 8. The van der Waals surface area contributed by atoms with Gasteiger partial charge >= 0.3 is 0 Å². The fraction of sp³-hybridized carbons (Fsp3) is 0.647. The molecule has 0 bridgehead atoms. The van der Waals surface area contributed by atoms with Crippen molar-refractivity contribution in [3.05, 3.63) is 29.8 Å². The summed E-state index contributed by atoms with van der Waals surface area (Å²) >= 11 is 1.81. The number of hydrogen-bond donors (Lipinski definition) is 0. The van der Waals surface area contributed by atoms with Crippen LogP contribution in [0.25, 0.3) is 0 Å². The molecule has 0 aromatic heterocycles. The van der Waals surface area contributed by atoms with E-state index in [9.17, 15) is 0 Å². The average Bonchev–Trinajstić information content (AvgIpc) is 2.51. The third kappa shape index (κ3) is 3.96. The molecule has 124 valence electrons. The molecule has 5 heteroatoms. The summed E-state index contributed by atoms with van der Waals surface area (Å²) < 4.78 is 17.6. The van der Waals surface area contributed by atoms with E-state index in [1.165, 1.54) is 11.3 Å². The van der Waals surface area contributed by atoms with E-state index in [0.717, 1.165) is 5.75 Å². The highest BCUT2D eigenvalue weighted by Gasteiger charge is 2.39. The summed E-state index contributed by atoms with van der Waals surface area (Å²) in [6.07, 6.45) is -0.249. The molecule has 4 nitrogen and oxygen atoms in total. The van der Waals surface area contributed by atoms with Crippen LogP contribution in [0.4, 0.5) is 5.69 Å². The summed E-state index contributed by atoms with van der Waals surface area (Å²) in [5.41, 5.74) is 2.54. The molecule has 0 fully saturated rings. The van der Waals surface area contributed by atoms with Crippen molar-refractivity contribution in [2.24, 2.45) is 0 Å². The minimum absolute atomic E-state index is 0.249. The zero-order chi connectivity index (χ0) is 16.0. The molecule has 0 unspecified atom stereocenters. The quantitative estimate of drug-likeness (QED) is 0.678. The topological polar surface area (TPSA) is 30.9 Å². The van der Waals surface area contributed by atoms with Gasteiger partial charge in [0.1, 0.15) is 0 Å². The van der Waals surface area contributed by atoms with Crippen LogP contribution in [0.15, 0.2) is 24.3 Å². The fourth-order valence-electron chi connectivity index (χ4n) is 2.73. The highest BCUT2D eigenvalue weighted by Crippen LogP contribution is 2.44. The van der Waals surface area contributed by atoms with Crippen LogP contribution < -0.4 is 4.90 Å². The van der Waals surface area contributed by atoms with Crippen LogP contribution in [0.5, 0.6) is 0 Å². The molecular formula is C17H27NO3S. The molecule has 0 spiro atoms. The zero-order valence-corrected chi connectivity index (χ0v) is 14.8. The third-order valence-electron chi connectivity index (χ3n) is 3.72. The van der Waals surface area contributed by atoms with E-state index in [2.05, 4.69) is 36.1 Å². The van der Waals surface area contributed by atoms with Crippen LogP contribution in [0, 0.1) is 0 Å². The summed E-state index contributed by atoms with van der Waals surface area (Å²) in [4.78, 5) is 2.27. The summed E-state index contributed by atoms with van der Waals surface area (Å²) in [6, 6.07) is 8.49. The van der Waals surface area contributed by atoms with E-state index >= 15 is 0 Å². The van der Waals surface area contributed by atoms with Crippen molar-refractivity contribution < 1.29 is 14.2 Å². The number of para-hydroxylation sites is 1. The number of ether oxygens (including phenoxy) is 3. The highest BCUT2D eigenvalue weighted by atomic mass is 32.2. The van der Waals surface area contributed by atoms with Crippen LogP contribution in [0.3, 0.4) is 0 Å². The van der Waals surface area contributed by atoms with Crippen LogP contribution >= 0.6 is 11.8 Å². The van der Waals surface area contributed by atoms with Gasteiger partial charge in [0, 0.05) is 31.3 Å². The van der Waals surface area contributed by atoms with Gasteiger partial charge in [-0.15, -0.1) is 11.8 Å². The largest absolute Gasteiger partial charge is 0.351 e. The van der Waals surface area contributed by atoms with Crippen molar-refractivity contribution in [3.8, 4) is 0 Å². The predicted molar refractivity (Wildman–Crippen MR) is 92.2 cm³/mol. The Labute approximate surface area is 138 Å². The molecular weight excluding hydrogens is 298 g/mol. The van der Waals surface area contributed by atoms with Gasteiger partial charge in [-0.3, -0.25) is 0 Å². The first kappa shape index (κ1) is 17.6. The molecule has 0 N–H and O–H groups in total. The SMILES string of the molecule is CCOC(CN1c2ccccc2CS[C@@]1(C)OCC)OCC. The lowest BCUT2D eigenvalue weighted by atomic mass is 10.1. The van der Waals surface area contributed by atoms with E-state index in [-0.39, 0.29) is 6.29 Å². The highest BCUT2D eigenvalue weighted by molar-refractivity contribution is 7.99. The van der Waals surface area contributed by atoms with Gasteiger partial charge in [0.25, 0.3) is 0 Å².